The van der Waals surface area contributed by atoms with Crippen LogP contribution in [0.3, 0.4) is 0 Å². The Kier molecular flexibility index (Phi) is 10.2. The third kappa shape index (κ3) is 7.34. The Morgan fingerprint density at radius 2 is 1.66 bits per heavy atom. The van der Waals surface area contributed by atoms with Crippen LogP contribution < -0.4 is 15.5 Å². The second-order valence-electron chi connectivity index (χ2n) is 15.6. The van der Waals surface area contributed by atoms with E-state index in [0.29, 0.717) is 23.3 Å². The maximum atomic E-state index is 14.4. The summed E-state index contributed by atoms with van der Waals surface area (Å²) in [5.41, 5.74) is 3.58. The van der Waals surface area contributed by atoms with Crippen LogP contribution in [0.1, 0.15) is 79.5 Å². The molecule has 5 aliphatic rings. The van der Waals surface area contributed by atoms with Crippen molar-refractivity contribution in [2.45, 2.75) is 56.9 Å². The molecule has 0 radical (unpaired) electrons. The van der Waals surface area contributed by atoms with Gasteiger partial charge in [-0.05, 0) is 72.9 Å². The molecule has 17 heteroatoms. The molecule has 6 heterocycles. The van der Waals surface area contributed by atoms with Gasteiger partial charge in [0.05, 0.1) is 11.1 Å². The first-order valence-electron chi connectivity index (χ1n) is 19.7. The van der Waals surface area contributed by atoms with Crippen molar-refractivity contribution in [3.05, 3.63) is 105 Å². The molecule has 3 fully saturated rings. The van der Waals surface area contributed by atoms with Crippen molar-refractivity contribution < 1.29 is 38.3 Å². The number of aromatic nitrogens is 1. The van der Waals surface area contributed by atoms with E-state index in [9.17, 15) is 38.3 Å². The number of thiazole rings is 1. The molecular weight excluding hydrogens is 780 g/mol. The third-order valence-corrected chi connectivity index (χ3v) is 12.8. The highest BCUT2D eigenvalue weighted by atomic mass is 32.1. The summed E-state index contributed by atoms with van der Waals surface area (Å²) in [6, 6.07) is 12.5. The van der Waals surface area contributed by atoms with Crippen molar-refractivity contribution in [2.75, 3.05) is 49.5 Å². The van der Waals surface area contributed by atoms with E-state index < -0.39 is 47.4 Å². The molecule has 3 N–H and O–H groups in total. The predicted molar refractivity (Wildman–Crippen MR) is 213 cm³/mol. The number of piperidine rings is 2. The number of carbonyl (C=O) groups excluding carboxylic acids is 6. The van der Waals surface area contributed by atoms with E-state index in [1.165, 1.54) is 28.5 Å². The monoisotopic (exact) mass is 820 g/mol. The number of phenolic OH excluding ortho intramolecular Hbond substituents is 1. The molecule has 15 nitrogen and oxygen atoms in total. The van der Waals surface area contributed by atoms with Gasteiger partial charge in [-0.2, -0.15) is 0 Å². The predicted octanol–water partition coefficient (Wildman–Crippen LogP) is 3.51. The number of halogens is 1. The van der Waals surface area contributed by atoms with Crippen LogP contribution in [0.25, 0.3) is 0 Å². The Labute approximate surface area is 342 Å². The van der Waals surface area contributed by atoms with Crippen LogP contribution in [-0.2, 0) is 27.5 Å². The van der Waals surface area contributed by atoms with Gasteiger partial charge in [0, 0.05) is 93.2 Å². The molecule has 1 aromatic heterocycles. The maximum absolute atomic E-state index is 14.4. The second kappa shape index (κ2) is 15.6. The van der Waals surface area contributed by atoms with Crippen LogP contribution in [0.4, 0.5) is 15.2 Å². The molecule has 0 aliphatic carbocycles. The Morgan fingerprint density at radius 3 is 2.41 bits per heavy atom. The first-order chi connectivity index (χ1) is 28.5. The molecule has 5 aliphatic heterocycles. The lowest BCUT2D eigenvalue weighted by atomic mass is 10.0. The smallest absolute Gasteiger partial charge is 0.262 e. The molecule has 2 atom stereocenters. The molecule has 2 unspecified atom stereocenters. The van der Waals surface area contributed by atoms with Gasteiger partial charge in [-0.1, -0.05) is 12.1 Å². The fourth-order valence-corrected chi connectivity index (χ4v) is 9.55. The first kappa shape index (κ1) is 38.5. The van der Waals surface area contributed by atoms with Crippen molar-refractivity contribution >= 4 is 57.6 Å². The average Bonchev–Trinajstić information content (AvgIpc) is 3.93. The van der Waals surface area contributed by atoms with Crippen LogP contribution in [0.2, 0.25) is 0 Å². The molecule has 304 valence electrons. The molecule has 3 aromatic carbocycles. The number of phenols is 1. The molecule has 0 saturated carbocycles. The number of anilines is 2. The van der Waals surface area contributed by atoms with Gasteiger partial charge in [-0.25, -0.2) is 9.37 Å². The minimum Gasteiger partial charge on any atom is -0.508 e. The number of aromatic hydroxyl groups is 1. The van der Waals surface area contributed by atoms with E-state index in [2.05, 4.69) is 30.3 Å². The Balaban J connectivity index is 0.796. The van der Waals surface area contributed by atoms with Crippen molar-refractivity contribution in [3.8, 4) is 5.75 Å². The van der Waals surface area contributed by atoms with Crippen LogP contribution >= 0.6 is 11.3 Å². The zero-order chi connectivity index (χ0) is 40.9. The number of hydrogen-bond donors (Lipinski definition) is 3. The third-order valence-electron chi connectivity index (χ3n) is 12.1. The number of imide groups is 2. The van der Waals surface area contributed by atoms with Gasteiger partial charge in [-0.3, -0.25) is 54.1 Å². The summed E-state index contributed by atoms with van der Waals surface area (Å²) in [4.78, 5) is 91.7. The van der Waals surface area contributed by atoms with Gasteiger partial charge < -0.3 is 14.9 Å². The number of fused-ring (bicyclic) bond motifs is 2. The van der Waals surface area contributed by atoms with E-state index >= 15 is 0 Å². The van der Waals surface area contributed by atoms with Crippen LogP contribution in [-0.4, -0.2) is 116 Å². The Bertz CT molecular complexity index is 2380. The number of benzene rings is 3. The van der Waals surface area contributed by atoms with Gasteiger partial charge in [0.1, 0.15) is 23.7 Å². The normalized spacial score (nSPS) is 20.9. The lowest BCUT2D eigenvalue weighted by molar-refractivity contribution is -0.136. The number of rotatable bonds is 9. The van der Waals surface area contributed by atoms with Crippen LogP contribution in [0.5, 0.6) is 5.75 Å². The van der Waals surface area contributed by atoms with Crippen molar-refractivity contribution in [1.29, 1.82) is 0 Å². The van der Waals surface area contributed by atoms with Crippen molar-refractivity contribution in [3.63, 3.8) is 0 Å². The summed E-state index contributed by atoms with van der Waals surface area (Å²) in [7, 11) is 0. The van der Waals surface area contributed by atoms with Gasteiger partial charge in [0.2, 0.25) is 11.8 Å². The average molecular weight is 821 g/mol. The summed E-state index contributed by atoms with van der Waals surface area (Å²) in [5.74, 6) is -3.98. The largest absolute Gasteiger partial charge is 0.508 e. The highest BCUT2D eigenvalue weighted by Gasteiger charge is 2.45. The quantitative estimate of drug-likeness (QED) is 0.211. The van der Waals surface area contributed by atoms with Crippen LogP contribution in [0.15, 0.2) is 66.2 Å². The number of nitrogens with zero attached hydrogens (tertiary/aromatic N) is 6. The highest BCUT2D eigenvalue weighted by Crippen LogP contribution is 2.38. The molecule has 9 rings (SSSR count). The number of piperazine rings is 1. The number of hydrogen-bond acceptors (Lipinski definition) is 12. The standard InChI is InChI=1S/C42H41FN8O7S/c43-26-3-7-34(52)32(20-26)36(38(55)46-42-44-11-18-59-42)50-23-25-2-4-28(21-30(25)39(50)56)48-12-9-27(10-13-48)49-16-14-47(15-17-49)22-24-1-5-29-31(19-24)41(58)51(40(29)57)33-6-8-35(53)45-37(33)54/h1-5,7,11,18-21,27,33,36,52H,6,8-10,12-17,22-23H2,(H,44,46,55)(H,45,53,54). The molecule has 4 aromatic rings. The highest BCUT2D eigenvalue weighted by molar-refractivity contribution is 7.13. The first-order valence-corrected chi connectivity index (χ1v) is 20.6. The summed E-state index contributed by atoms with van der Waals surface area (Å²) in [6.45, 7) is 5.79. The van der Waals surface area contributed by atoms with Gasteiger partial charge in [0.25, 0.3) is 23.6 Å². The Morgan fingerprint density at radius 1 is 0.881 bits per heavy atom. The van der Waals surface area contributed by atoms with Gasteiger partial charge >= 0.3 is 0 Å². The zero-order valence-electron chi connectivity index (χ0n) is 31.9. The van der Waals surface area contributed by atoms with Crippen LogP contribution in [0, 0.1) is 5.82 Å². The fraction of sp³-hybridized carbons (Fsp3) is 0.357. The maximum Gasteiger partial charge on any atom is 0.262 e. The summed E-state index contributed by atoms with van der Waals surface area (Å²) in [6.07, 6.45) is 3.62. The van der Waals surface area contributed by atoms with E-state index in [1.54, 1.807) is 17.5 Å². The van der Waals surface area contributed by atoms with E-state index in [1.807, 2.05) is 24.3 Å². The lowest BCUT2D eigenvalue weighted by Gasteiger charge is -2.43. The molecule has 6 amide bonds. The molecular formula is C42H41FN8O7S. The van der Waals surface area contributed by atoms with Crippen molar-refractivity contribution in [2.24, 2.45) is 0 Å². The zero-order valence-corrected chi connectivity index (χ0v) is 32.8. The second-order valence-corrected chi connectivity index (χ2v) is 16.5. The van der Waals surface area contributed by atoms with E-state index in [4.69, 9.17) is 0 Å². The Hall–Kier alpha value is -6.04. The van der Waals surface area contributed by atoms with Gasteiger partial charge in [0.15, 0.2) is 5.13 Å². The summed E-state index contributed by atoms with van der Waals surface area (Å²) < 4.78 is 14.4. The van der Waals surface area contributed by atoms with E-state index in [0.717, 1.165) is 86.0 Å². The van der Waals surface area contributed by atoms with E-state index in [-0.39, 0.29) is 47.7 Å². The number of amides is 6. The number of carbonyl (C=O) groups is 6. The number of nitrogens with one attached hydrogen (secondary N) is 2. The SMILES string of the molecule is O=C1CCC(N2C(=O)c3ccc(CN4CCN(C5CCN(c6ccc7c(c6)C(=O)N(C(C(=O)Nc6nccs6)c6cc(F)ccc6O)C7)CC5)CC4)cc3C2=O)C(=O)N1. The minimum absolute atomic E-state index is 0.0131. The summed E-state index contributed by atoms with van der Waals surface area (Å²) in [5, 5.41) is 17.7. The molecule has 59 heavy (non-hydrogen) atoms. The van der Waals surface area contributed by atoms with Gasteiger partial charge in [-0.15, -0.1) is 11.3 Å². The molecule has 0 spiro atoms. The van der Waals surface area contributed by atoms with Crippen molar-refractivity contribution in [1.82, 2.24) is 29.9 Å². The fourth-order valence-electron chi connectivity index (χ4n) is 9.02. The topological polar surface area (TPSA) is 176 Å². The lowest BCUT2D eigenvalue weighted by Crippen LogP contribution is -2.54. The molecule has 3 saturated heterocycles. The summed E-state index contributed by atoms with van der Waals surface area (Å²) >= 11 is 1.21. The molecule has 0 bridgehead atoms. The minimum atomic E-state index is -1.30.